The van der Waals surface area contributed by atoms with Crippen molar-refractivity contribution in [3.63, 3.8) is 0 Å². The molecule has 0 saturated heterocycles. The molecular weight excluding hydrogens is 403 g/mol. The highest BCUT2D eigenvalue weighted by molar-refractivity contribution is 7.99. The summed E-state index contributed by atoms with van der Waals surface area (Å²) >= 11 is 13.5. The lowest BCUT2D eigenvalue weighted by molar-refractivity contribution is -0.113. The summed E-state index contributed by atoms with van der Waals surface area (Å²) in [7, 11) is 0. The maximum absolute atomic E-state index is 12.3. The first-order chi connectivity index (χ1) is 13.0. The van der Waals surface area contributed by atoms with Crippen LogP contribution in [0, 0.1) is 6.92 Å². The molecule has 0 atom stereocenters. The summed E-state index contributed by atoms with van der Waals surface area (Å²) < 4.78 is 1.97. The molecule has 2 aromatic carbocycles. The van der Waals surface area contributed by atoms with Gasteiger partial charge >= 0.3 is 0 Å². The van der Waals surface area contributed by atoms with E-state index in [2.05, 4.69) is 15.5 Å². The van der Waals surface area contributed by atoms with Crippen molar-refractivity contribution < 1.29 is 4.79 Å². The Morgan fingerprint density at radius 1 is 1.19 bits per heavy atom. The van der Waals surface area contributed by atoms with Gasteiger partial charge in [-0.05, 0) is 43.7 Å². The molecule has 0 spiro atoms. The number of carbonyl (C=O) groups is 1. The largest absolute Gasteiger partial charge is 0.325 e. The molecule has 3 aromatic rings. The lowest BCUT2D eigenvalue weighted by Gasteiger charge is -2.10. The average molecular weight is 421 g/mol. The first kappa shape index (κ1) is 19.7. The predicted molar refractivity (Wildman–Crippen MR) is 112 cm³/mol. The highest BCUT2D eigenvalue weighted by atomic mass is 35.5. The normalized spacial score (nSPS) is 10.8. The van der Waals surface area contributed by atoms with E-state index in [-0.39, 0.29) is 11.7 Å². The zero-order valence-electron chi connectivity index (χ0n) is 14.9. The molecule has 8 heteroatoms. The lowest BCUT2D eigenvalue weighted by atomic mass is 10.2. The molecule has 0 aliphatic carbocycles. The first-order valence-corrected chi connectivity index (χ1v) is 10.1. The van der Waals surface area contributed by atoms with Crippen LogP contribution in [0.4, 0.5) is 5.69 Å². The van der Waals surface area contributed by atoms with E-state index >= 15 is 0 Å². The van der Waals surface area contributed by atoms with Crippen LogP contribution in [0.5, 0.6) is 0 Å². The molecule has 0 radical (unpaired) electrons. The topological polar surface area (TPSA) is 59.8 Å². The van der Waals surface area contributed by atoms with Gasteiger partial charge in [-0.2, -0.15) is 0 Å². The van der Waals surface area contributed by atoms with Crippen molar-refractivity contribution in [2.75, 3.05) is 11.1 Å². The third-order valence-electron chi connectivity index (χ3n) is 3.99. The standard InChI is InChI=1S/C19H18Cl2N4OS/c1-3-25-18(13-6-4-7-14(20)10-13)23-24-19(25)27-11-17(26)22-16-9-5-8-15(21)12(16)2/h4-10H,3,11H2,1-2H3,(H,22,26). The Morgan fingerprint density at radius 2 is 1.96 bits per heavy atom. The van der Waals surface area contributed by atoms with Gasteiger partial charge in [0, 0.05) is 27.8 Å². The van der Waals surface area contributed by atoms with Crippen LogP contribution in [0.25, 0.3) is 11.4 Å². The summed E-state index contributed by atoms with van der Waals surface area (Å²) in [6.07, 6.45) is 0. The molecule has 1 aromatic heterocycles. The maximum Gasteiger partial charge on any atom is 0.234 e. The van der Waals surface area contributed by atoms with Crippen molar-refractivity contribution in [1.82, 2.24) is 14.8 Å². The number of halogens is 2. The molecular formula is C19H18Cl2N4OS. The number of thioether (sulfide) groups is 1. The van der Waals surface area contributed by atoms with Crippen LogP contribution < -0.4 is 5.32 Å². The van der Waals surface area contributed by atoms with Gasteiger partial charge in [0.05, 0.1) is 5.75 Å². The minimum absolute atomic E-state index is 0.125. The summed E-state index contributed by atoms with van der Waals surface area (Å²) in [6.45, 7) is 4.57. The van der Waals surface area contributed by atoms with Crippen molar-refractivity contribution >= 4 is 46.6 Å². The number of benzene rings is 2. The quantitative estimate of drug-likeness (QED) is 0.548. The number of nitrogens with zero attached hydrogens (tertiary/aromatic N) is 3. The lowest BCUT2D eigenvalue weighted by Crippen LogP contribution is -2.15. The van der Waals surface area contributed by atoms with Crippen molar-refractivity contribution in [3.05, 3.63) is 58.1 Å². The minimum atomic E-state index is -0.125. The third kappa shape index (κ3) is 4.64. The fourth-order valence-corrected chi connectivity index (χ4v) is 3.75. The Labute approximate surface area is 172 Å². The second kappa shape index (κ2) is 8.78. The van der Waals surface area contributed by atoms with Gasteiger partial charge in [-0.3, -0.25) is 4.79 Å². The van der Waals surface area contributed by atoms with E-state index in [1.165, 1.54) is 11.8 Å². The SMILES string of the molecule is CCn1c(SCC(=O)Nc2cccc(Cl)c2C)nnc1-c1cccc(Cl)c1. The van der Waals surface area contributed by atoms with Gasteiger partial charge in [0.25, 0.3) is 0 Å². The summed E-state index contributed by atoms with van der Waals surface area (Å²) in [5.41, 5.74) is 2.45. The Balaban J connectivity index is 1.71. The minimum Gasteiger partial charge on any atom is -0.325 e. The molecule has 0 unspecified atom stereocenters. The average Bonchev–Trinajstić information content (AvgIpc) is 3.07. The highest BCUT2D eigenvalue weighted by Gasteiger charge is 2.15. The van der Waals surface area contributed by atoms with Gasteiger partial charge in [-0.1, -0.05) is 53.2 Å². The van der Waals surface area contributed by atoms with Crippen LogP contribution in [0.15, 0.2) is 47.6 Å². The summed E-state index contributed by atoms with van der Waals surface area (Å²) in [6, 6.07) is 12.9. The maximum atomic E-state index is 12.3. The van der Waals surface area contributed by atoms with E-state index < -0.39 is 0 Å². The van der Waals surface area contributed by atoms with E-state index in [1.54, 1.807) is 6.07 Å². The first-order valence-electron chi connectivity index (χ1n) is 8.36. The zero-order valence-corrected chi connectivity index (χ0v) is 17.2. The molecule has 27 heavy (non-hydrogen) atoms. The molecule has 5 nitrogen and oxygen atoms in total. The van der Waals surface area contributed by atoms with Crippen molar-refractivity contribution in [2.24, 2.45) is 0 Å². The van der Waals surface area contributed by atoms with Gasteiger partial charge < -0.3 is 9.88 Å². The number of hydrogen-bond donors (Lipinski definition) is 1. The van der Waals surface area contributed by atoms with Crippen molar-refractivity contribution in [1.29, 1.82) is 0 Å². The number of amides is 1. The number of aromatic nitrogens is 3. The molecule has 0 bridgehead atoms. The number of rotatable bonds is 6. The van der Waals surface area contributed by atoms with Crippen LogP contribution in [-0.2, 0) is 11.3 Å². The second-order valence-electron chi connectivity index (χ2n) is 5.81. The summed E-state index contributed by atoms with van der Waals surface area (Å²) in [5, 5.41) is 13.3. The molecule has 1 N–H and O–H groups in total. The molecule has 3 rings (SSSR count). The number of hydrogen-bond acceptors (Lipinski definition) is 4. The molecule has 1 amide bonds. The fraction of sp³-hybridized carbons (Fsp3) is 0.211. The zero-order chi connectivity index (χ0) is 19.4. The van der Waals surface area contributed by atoms with E-state index in [4.69, 9.17) is 23.2 Å². The Morgan fingerprint density at radius 3 is 2.70 bits per heavy atom. The second-order valence-corrected chi connectivity index (χ2v) is 7.60. The van der Waals surface area contributed by atoms with Crippen LogP contribution >= 0.6 is 35.0 Å². The molecule has 1 heterocycles. The van der Waals surface area contributed by atoms with Gasteiger partial charge in [-0.25, -0.2) is 0 Å². The van der Waals surface area contributed by atoms with Crippen LogP contribution in [0.1, 0.15) is 12.5 Å². The van der Waals surface area contributed by atoms with Crippen LogP contribution in [0.2, 0.25) is 10.0 Å². The molecule has 0 aliphatic rings. The Hall–Kier alpha value is -2.02. The highest BCUT2D eigenvalue weighted by Crippen LogP contribution is 2.27. The molecule has 140 valence electrons. The predicted octanol–water partition coefficient (Wildman–Crippen LogP) is 5.31. The summed E-state index contributed by atoms with van der Waals surface area (Å²) in [4.78, 5) is 12.3. The smallest absolute Gasteiger partial charge is 0.234 e. The third-order valence-corrected chi connectivity index (χ3v) is 5.60. The fourth-order valence-electron chi connectivity index (χ4n) is 2.58. The van der Waals surface area contributed by atoms with E-state index in [0.29, 0.717) is 27.4 Å². The van der Waals surface area contributed by atoms with E-state index in [1.807, 2.05) is 54.8 Å². The molecule has 0 aliphatic heterocycles. The Kier molecular flexibility index (Phi) is 6.42. The van der Waals surface area contributed by atoms with Gasteiger partial charge in [0.15, 0.2) is 11.0 Å². The van der Waals surface area contributed by atoms with Crippen LogP contribution in [-0.4, -0.2) is 26.4 Å². The molecule has 0 fully saturated rings. The summed E-state index contributed by atoms with van der Waals surface area (Å²) in [5.74, 6) is 0.827. The number of nitrogens with one attached hydrogen (secondary N) is 1. The Bertz CT molecular complexity index is 974. The molecule has 0 saturated carbocycles. The van der Waals surface area contributed by atoms with Crippen LogP contribution in [0.3, 0.4) is 0 Å². The van der Waals surface area contributed by atoms with Crippen molar-refractivity contribution in [2.45, 2.75) is 25.5 Å². The van der Waals surface area contributed by atoms with Gasteiger partial charge in [-0.15, -0.1) is 10.2 Å². The van der Waals surface area contributed by atoms with Gasteiger partial charge in [0.2, 0.25) is 5.91 Å². The number of anilines is 1. The van der Waals surface area contributed by atoms with Gasteiger partial charge in [0.1, 0.15) is 0 Å². The number of carbonyl (C=O) groups excluding carboxylic acids is 1. The monoisotopic (exact) mass is 420 g/mol. The van der Waals surface area contributed by atoms with E-state index in [0.717, 1.165) is 17.0 Å². The van der Waals surface area contributed by atoms with E-state index in [9.17, 15) is 4.79 Å². The van der Waals surface area contributed by atoms with Crippen molar-refractivity contribution in [3.8, 4) is 11.4 Å².